The molecule has 0 radical (unpaired) electrons. The molecule has 0 spiro atoms. The van der Waals surface area contributed by atoms with Gasteiger partial charge in [0.1, 0.15) is 5.82 Å². The zero-order valence-corrected chi connectivity index (χ0v) is 13.7. The van der Waals surface area contributed by atoms with Crippen molar-refractivity contribution in [3.63, 3.8) is 0 Å². The molecule has 0 aliphatic carbocycles. The minimum atomic E-state index is -3.61. The van der Waals surface area contributed by atoms with Crippen LogP contribution < -0.4 is 4.72 Å². The molecule has 1 aliphatic rings. The van der Waals surface area contributed by atoms with Crippen LogP contribution in [0.5, 0.6) is 0 Å². The summed E-state index contributed by atoms with van der Waals surface area (Å²) in [5.41, 5.74) is 1.72. The molecule has 0 amide bonds. The topological polar surface area (TPSA) is 46.2 Å². The lowest BCUT2D eigenvalue weighted by atomic mass is 10.0. The number of benzene rings is 2. The average molecular weight is 337 g/mol. The number of halogens is 1. The third-order valence-corrected chi connectivity index (χ3v) is 6.30. The zero-order valence-electron chi connectivity index (χ0n) is 12.0. The molecule has 6 heteroatoms. The Kier molecular flexibility index (Phi) is 4.25. The fraction of sp³-hybridized carbons (Fsp3) is 0.250. The molecular weight excluding hydrogens is 321 g/mol. The van der Waals surface area contributed by atoms with Gasteiger partial charge in [-0.2, -0.15) is 0 Å². The van der Waals surface area contributed by atoms with Crippen LogP contribution in [0.15, 0.2) is 52.3 Å². The molecule has 1 aliphatic heterocycles. The summed E-state index contributed by atoms with van der Waals surface area (Å²) in [6.07, 6.45) is 0.645. The number of fused-ring (bicyclic) bond motifs is 1. The number of thioether (sulfide) groups is 1. The van der Waals surface area contributed by atoms with Crippen molar-refractivity contribution in [2.24, 2.45) is 0 Å². The van der Waals surface area contributed by atoms with Crippen molar-refractivity contribution in [3.05, 3.63) is 59.4 Å². The highest BCUT2D eigenvalue weighted by atomic mass is 32.2. The molecule has 1 heterocycles. The van der Waals surface area contributed by atoms with Gasteiger partial charge < -0.3 is 0 Å². The van der Waals surface area contributed by atoms with E-state index in [2.05, 4.69) is 4.72 Å². The van der Waals surface area contributed by atoms with E-state index in [1.165, 1.54) is 17.8 Å². The van der Waals surface area contributed by atoms with Crippen LogP contribution in [-0.4, -0.2) is 14.2 Å². The summed E-state index contributed by atoms with van der Waals surface area (Å²) in [6.45, 7) is 1.90. The third kappa shape index (κ3) is 3.04. The summed E-state index contributed by atoms with van der Waals surface area (Å²) in [4.78, 5) is 0.777. The van der Waals surface area contributed by atoms with Crippen molar-refractivity contribution < 1.29 is 12.8 Å². The molecule has 3 nitrogen and oxygen atoms in total. The van der Waals surface area contributed by atoms with E-state index in [4.69, 9.17) is 0 Å². The van der Waals surface area contributed by atoms with Gasteiger partial charge in [0.2, 0.25) is 10.0 Å². The molecule has 0 unspecified atom stereocenters. The minimum absolute atomic E-state index is 0.231. The van der Waals surface area contributed by atoms with Gasteiger partial charge in [-0.15, -0.1) is 11.8 Å². The summed E-state index contributed by atoms with van der Waals surface area (Å²) in [6, 6.07) is 11.1. The van der Waals surface area contributed by atoms with E-state index in [1.807, 2.05) is 6.92 Å². The molecule has 0 fully saturated rings. The highest BCUT2D eigenvalue weighted by Gasteiger charge is 2.27. The van der Waals surface area contributed by atoms with Crippen LogP contribution in [0.1, 0.15) is 23.6 Å². The van der Waals surface area contributed by atoms with Gasteiger partial charge in [-0.3, -0.25) is 0 Å². The number of sulfonamides is 1. The Balaban J connectivity index is 1.91. The fourth-order valence-electron chi connectivity index (χ4n) is 2.48. The molecule has 0 aromatic heterocycles. The van der Waals surface area contributed by atoms with Crippen molar-refractivity contribution in [1.29, 1.82) is 0 Å². The number of rotatable bonds is 3. The first-order chi connectivity index (χ1) is 10.5. The van der Waals surface area contributed by atoms with Crippen LogP contribution >= 0.6 is 11.8 Å². The molecule has 0 saturated heterocycles. The normalized spacial score (nSPS) is 18.0. The van der Waals surface area contributed by atoms with Gasteiger partial charge in [0.25, 0.3) is 0 Å². The lowest BCUT2D eigenvalue weighted by Crippen LogP contribution is -2.31. The first kappa shape index (κ1) is 15.5. The first-order valence-corrected chi connectivity index (χ1v) is 9.44. The van der Waals surface area contributed by atoms with E-state index in [-0.39, 0.29) is 10.7 Å². The van der Waals surface area contributed by atoms with Gasteiger partial charge in [-0.25, -0.2) is 17.5 Å². The van der Waals surface area contributed by atoms with Gasteiger partial charge in [-0.1, -0.05) is 29.8 Å². The Morgan fingerprint density at radius 2 is 1.91 bits per heavy atom. The lowest BCUT2D eigenvalue weighted by molar-refractivity contribution is 0.533. The maximum atomic E-state index is 13.8. The van der Waals surface area contributed by atoms with Crippen LogP contribution in [0.25, 0.3) is 0 Å². The Labute approximate surface area is 134 Å². The smallest absolute Gasteiger partial charge is 0.207 e. The Morgan fingerprint density at radius 1 is 1.18 bits per heavy atom. The van der Waals surface area contributed by atoms with Crippen molar-refractivity contribution in [1.82, 2.24) is 4.72 Å². The van der Waals surface area contributed by atoms with Crippen molar-refractivity contribution in [3.8, 4) is 0 Å². The van der Waals surface area contributed by atoms with Gasteiger partial charge in [0, 0.05) is 10.9 Å². The van der Waals surface area contributed by atoms with Crippen LogP contribution in [-0.2, 0) is 10.0 Å². The van der Waals surface area contributed by atoms with Crippen LogP contribution in [0.2, 0.25) is 0 Å². The lowest BCUT2D eigenvalue weighted by Gasteiger charge is -2.26. The van der Waals surface area contributed by atoms with Crippen LogP contribution in [0.3, 0.4) is 0 Å². The van der Waals surface area contributed by atoms with E-state index >= 15 is 0 Å². The van der Waals surface area contributed by atoms with Crippen molar-refractivity contribution in [2.75, 3.05) is 5.75 Å². The summed E-state index contributed by atoms with van der Waals surface area (Å²) in [5, 5.41) is 0. The summed E-state index contributed by atoms with van der Waals surface area (Å²) >= 11 is 1.43. The molecule has 1 atom stereocenters. The highest BCUT2D eigenvalue weighted by Crippen LogP contribution is 2.38. The van der Waals surface area contributed by atoms with E-state index in [0.717, 1.165) is 5.56 Å². The van der Waals surface area contributed by atoms with E-state index in [9.17, 15) is 12.8 Å². The Hall–Kier alpha value is -1.37. The highest BCUT2D eigenvalue weighted by molar-refractivity contribution is 7.99. The predicted molar refractivity (Wildman–Crippen MR) is 86.0 cm³/mol. The fourth-order valence-corrected chi connectivity index (χ4v) is 4.87. The van der Waals surface area contributed by atoms with Gasteiger partial charge in [0.05, 0.1) is 4.90 Å². The maximum absolute atomic E-state index is 13.8. The molecule has 3 rings (SSSR count). The Bertz CT molecular complexity index is 788. The molecule has 0 bridgehead atoms. The Morgan fingerprint density at radius 3 is 2.64 bits per heavy atom. The number of aryl methyl sites for hydroxylation is 1. The number of hydrogen-bond donors (Lipinski definition) is 1. The third-order valence-electron chi connectivity index (χ3n) is 3.65. The van der Waals surface area contributed by atoms with Gasteiger partial charge in [0.15, 0.2) is 0 Å². The van der Waals surface area contributed by atoms with Gasteiger partial charge in [-0.05, 0) is 42.9 Å². The molecule has 2 aromatic rings. The van der Waals surface area contributed by atoms with E-state index in [0.29, 0.717) is 22.6 Å². The second-order valence-corrected chi connectivity index (χ2v) is 8.10. The quantitative estimate of drug-likeness (QED) is 0.930. The second-order valence-electron chi connectivity index (χ2n) is 5.28. The largest absolute Gasteiger partial charge is 0.241 e. The van der Waals surface area contributed by atoms with E-state index < -0.39 is 16.1 Å². The second kappa shape index (κ2) is 6.02. The predicted octanol–water partition coefficient (Wildman–Crippen LogP) is 3.65. The van der Waals surface area contributed by atoms with Crippen molar-refractivity contribution >= 4 is 21.8 Å². The summed E-state index contributed by atoms with van der Waals surface area (Å²) in [7, 11) is -3.61. The zero-order chi connectivity index (χ0) is 15.7. The maximum Gasteiger partial charge on any atom is 0.241 e. The standard InChI is InChI=1S/C16H16FNO2S2/c1-11-5-7-12(8-6-11)22(19,20)18-15-9-10-21-16-13(15)3-2-4-14(16)17/h2-8,15,18H,9-10H2,1H3/t15-/m0/s1. The molecule has 2 aromatic carbocycles. The van der Waals surface area contributed by atoms with Crippen LogP contribution in [0.4, 0.5) is 4.39 Å². The molecule has 22 heavy (non-hydrogen) atoms. The molecular formula is C16H16FNO2S2. The average Bonchev–Trinajstić information content (AvgIpc) is 2.48. The van der Waals surface area contributed by atoms with E-state index in [1.54, 1.807) is 36.4 Å². The monoisotopic (exact) mass is 337 g/mol. The molecule has 116 valence electrons. The summed E-state index contributed by atoms with van der Waals surface area (Å²) < 4.78 is 41.5. The minimum Gasteiger partial charge on any atom is -0.207 e. The molecule has 1 N–H and O–H groups in total. The van der Waals surface area contributed by atoms with Crippen LogP contribution in [0, 0.1) is 12.7 Å². The SMILES string of the molecule is Cc1ccc(S(=O)(=O)N[C@H]2CCSc3c(F)cccc32)cc1. The molecule has 0 saturated carbocycles. The number of hydrogen-bond acceptors (Lipinski definition) is 3. The first-order valence-electron chi connectivity index (χ1n) is 6.97. The van der Waals surface area contributed by atoms with Crippen molar-refractivity contribution in [2.45, 2.75) is 29.2 Å². The van der Waals surface area contributed by atoms with Gasteiger partial charge >= 0.3 is 0 Å². The summed E-state index contributed by atoms with van der Waals surface area (Å²) in [5.74, 6) is 0.399. The number of nitrogens with one attached hydrogen (secondary N) is 1.